The number of hydrogen-bond acceptors (Lipinski definition) is 4. The summed E-state index contributed by atoms with van der Waals surface area (Å²) >= 11 is 3.10. The van der Waals surface area contributed by atoms with E-state index in [1.165, 1.54) is 18.2 Å². The van der Waals surface area contributed by atoms with Gasteiger partial charge in [0.25, 0.3) is 5.91 Å². The molecule has 0 bridgehead atoms. The molecule has 20 heavy (non-hydrogen) atoms. The molecule has 110 valence electrons. The largest absolute Gasteiger partial charge is 0.379 e. The molecule has 1 aliphatic rings. The van der Waals surface area contributed by atoms with Gasteiger partial charge in [-0.05, 0) is 47.5 Å². The van der Waals surface area contributed by atoms with Crippen molar-refractivity contribution in [3.63, 3.8) is 0 Å². The molecule has 6 nitrogen and oxygen atoms in total. The number of rotatable bonds is 3. The summed E-state index contributed by atoms with van der Waals surface area (Å²) in [6.45, 7) is 2.92. The Morgan fingerprint density at radius 1 is 1.50 bits per heavy atom. The number of hydrogen-bond donors (Lipinski definition) is 2. The number of primary sulfonamides is 1. The molecule has 0 aromatic heterocycles. The first-order valence-electron chi connectivity index (χ1n) is 5.94. The minimum absolute atomic E-state index is 0.113. The Morgan fingerprint density at radius 2 is 2.20 bits per heavy atom. The minimum Gasteiger partial charge on any atom is -0.379 e. The van der Waals surface area contributed by atoms with Crippen molar-refractivity contribution in [2.75, 3.05) is 13.2 Å². The first kappa shape index (κ1) is 15.4. The minimum atomic E-state index is -3.88. The average molecular weight is 363 g/mol. The van der Waals surface area contributed by atoms with Gasteiger partial charge in [-0.2, -0.15) is 0 Å². The quantitative estimate of drug-likeness (QED) is 0.837. The second-order valence-electron chi connectivity index (χ2n) is 5.01. The van der Waals surface area contributed by atoms with Gasteiger partial charge in [-0.25, -0.2) is 13.6 Å². The van der Waals surface area contributed by atoms with Crippen LogP contribution in [0.5, 0.6) is 0 Å². The molecule has 0 spiro atoms. The smallest absolute Gasteiger partial charge is 0.251 e. The molecule has 0 radical (unpaired) electrons. The lowest BCUT2D eigenvalue weighted by atomic mass is 10.0. The summed E-state index contributed by atoms with van der Waals surface area (Å²) in [5, 5.41) is 7.96. The summed E-state index contributed by atoms with van der Waals surface area (Å²) in [5.74, 6) is -0.351. The first-order chi connectivity index (χ1) is 9.21. The second-order valence-corrected chi connectivity index (χ2v) is 7.39. The Morgan fingerprint density at radius 3 is 2.75 bits per heavy atom. The van der Waals surface area contributed by atoms with E-state index in [1.54, 1.807) is 0 Å². The fourth-order valence-electron chi connectivity index (χ4n) is 1.97. The van der Waals surface area contributed by atoms with Crippen LogP contribution in [0.4, 0.5) is 0 Å². The molecular formula is C12H15BrN2O4S. The summed E-state index contributed by atoms with van der Waals surface area (Å²) < 4.78 is 28.4. The topological polar surface area (TPSA) is 98.5 Å². The number of benzene rings is 1. The summed E-state index contributed by atoms with van der Waals surface area (Å²) in [7, 11) is -3.88. The van der Waals surface area contributed by atoms with E-state index in [4.69, 9.17) is 9.88 Å². The second kappa shape index (κ2) is 5.44. The lowest BCUT2D eigenvalue weighted by Crippen LogP contribution is -2.46. The van der Waals surface area contributed by atoms with Crippen molar-refractivity contribution >= 4 is 31.9 Å². The molecule has 1 aliphatic heterocycles. The van der Waals surface area contributed by atoms with Crippen molar-refractivity contribution in [1.82, 2.24) is 5.32 Å². The van der Waals surface area contributed by atoms with Crippen molar-refractivity contribution in [3.8, 4) is 0 Å². The van der Waals surface area contributed by atoms with E-state index in [9.17, 15) is 13.2 Å². The number of carbonyl (C=O) groups excluding carboxylic acids is 1. The molecule has 2 rings (SSSR count). The zero-order valence-corrected chi connectivity index (χ0v) is 13.3. The van der Waals surface area contributed by atoms with E-state index in [1.807, 2.05) is 6.92 Å². The van der Waals surface area contributed by atoms with Crippen LogP contribution in [-0.2, 0) is 14.8 Å². The number of ether oxygens (including phenoxy) is 1. The van der Waals surface area contributed by atoms with E-state index in [0.29, 0.717) is 17.7 Å². The van der Waals surface area contributed by atoms with Gasteiger partial charge in [0.2, 0.25) is 10.0 Å². The van der Waals surface area contributed by atoms with Crippen molar-refractivity contribution < 1.29 is 17.9 Å². The van der Waals surface area contributed by atoms with Crippen LogP contribution >= 0.6 is 15.9 Å². The third kappa shape index (κ3) is 3.38. The molecule has 8 heteroatoms. The molecule has 1 amide bonds. The SMILES string of the molecule is CC1(NC(=O)c2ccc(Br)c(S(N)(=O)=O)c2)CCOC1. The maximum atomic E-state index is 12.2. The Bertz CT molecular complexity index is 639. The normalized spacial score (nSPS) is 22.8. The molecule has 1 fully saturated rings. The van der Waals surface area contributed by atoms with E-state index in [2.05, 4.69) is 21.2 Å². The van der Waals surface area contributed by atoms with Gasteiger partial charge in [0.15, 0.2) is 0 Å². The Labute approximate surface area is 125 Å². The highest BCUT2D eigenvalue weighted by molar-refractivity contribution is 9.10. The van der Waals surface area contributed by atoms with Crippen LogP contribution in [0, 0.1) is 0 Å². The number of sulfonamides is 1. The molecule has 1 unspecified atom stereocenters. The van der Waals surface area contributed by atoms with E-state index >= 15 is 0 Å². The number of nitrogens with one attached hydrogen (secondary N) is 1. The summed E-state index contributed by atoms with van der Waals surface area (Å²) in [6.07, 6.45) is 0.720. The molecule has 0 aliphatic carbocycles. The number of amides is 1. The predicted octanol–water partition coefficient (Wildman–Crippen LogP) is 1.01. The number of nitrogens with two attached hydrogens (primary N) is 1. The van der Waals surface area contributed by atoms with Crippen LogP contribution in [0.2, 0.25) is 0 Å². The van der Waals surface area contributed by atoms with Gasteiger partial charge in [-0.3, -0.25) is 4.79 Å². The van der Waals surface area contributed by atoms with Crippen LogP contribution in [0.15, 0.2) is 27.6 Å². The molecule has 0 saturated carbocycles. The predicted molar refractivity (Wildman–Crippen MR) is 76.8 cm³/mol. The lowest BCUT2D eigenvalue weighted by Gasteiger charge is -2.23. The highest BCUT2D eigenvalue weighted by Gasteiger charge is 2.31. The maximum Gasteiger partial charge on any atom is 0.251 e. The standard InChI is InChI=1S/C12H15BrN2O4S/c1-12(4-5-19-7-12)15-11(16)8-2-3-9(13)10(6-8)20(14,17)18/h2-3,6H,4-5,7H2,1H3,(H,15,16)(H2,14,17,18). The Balaban J connectivity index is 2.27. The van der Waals surface area contributed by atoms with Crippen molar-refractivity contribution in [2.45, 2.75) is 23.8 Å². The molecule has 1 saturated heterocycles. The first-order valence-corrected chi connectivity index (χ1v) is 8.28. The van der Waals surface area contributed by atoms with Crippen molar-refractivity contribution in [2.24, 2.45) is 5.14 Å². The van der Waals surface area contributed by atoms with Gasteiger partial charge in [0.1, 0.15) is 0 Å². The van der Waals surface area contributed by atoms with Gasteiger partial charge in [-0.1, -0.05) is 0 Å². The van der Waals surface area contributed by atoms with Gasteiger partial charge in [0.05, 0.1) is 17.0 Å². The third-order valence-electron chi connectivity index (χ3n) is 3.13. The van der Waals surface area contributed by atoms with Gasteiger partial charge >= 0.3 is 0 Å². The lowest BCUT2D eigenvalue weighted by molar-refractivity contribution is 0.0889. The highest BCUT2D eigenvalue weighted by Crippen LogP contribution is 2.23. The zero-order chi connectivity index (χ0) is 15.0. The zero-order valence-electron chi connectivity index (χ0n) is 10.8. The molecule has 1 atom stereocenters. The van der Waals surface area contributed by atoms with E-state index in [-0.39, 0.29) is 16.4 Å². The van der Waals surface area contributed by atoms with Crippen LogP contribution in [0.3, 0.4) is 0 Å². The summed E-state index contributed by atoms with van der Waals surface area (Å²) in [6, 6.07) is 4.28. The number of halogens is 1. The molecule has 1 heterocycles. The monoisotopic (exact) mass is 362 g/mol. The summed E-state index contributed by atoms with van der Waals surface area (Å²) in [5.41, 5.74) is -0.184. The van der Waals surface area contributed by atoms with Gasteiger partial charge in [-0.15, -0.1) is 0 Å². The maximum absolute atomic E-state index is 12.2. The molecule has 3 N–H and O–H groups in total. The molecule has 1 aromatic rings. The molecule has 1 aromatic carbocycles. The van der Waals surface area contributed by atoms with Crippen LogP contribution in [0.25, 0.3) is 0 Å². The summed E-state index contributed by atoms with van der Waals surface area (Å²) in [4.78, 5) is 12.1. The molecular weight excluding hydrogens is 348 g/mol. The Kier molecular flexibility index (Phi) is 4.19. The fourth-order valence-corrected chi connectivity index (χ4v) is 3.53. The third-order valence-corrected chi connectivity index (χ3v) is 5.04. The van der Waals surface area contributed by atoms with Crippen molar-refractivity contribution in [1.29, 1.82) is 0 Å². The van der Waals surface area contributed by atoms with Crippen LogP contribution < -0.4 is 10.5 Å². The highest BCUT2D eigenvalue weighted by atomic mass is 79.9. The number of carbonyl (C=O) groups is 1. The average Bonchev–Trinajstić information content (AvgIpc) is 2.74. The Hall–Kier alpha value is -0.960. The van der Waals surface area contributed by atoms with Gasteiger partial charge < -0.3 is 10.1 Å². The van der Waals surface area contributed by atoms with Crippen LogP contribution in [0.1, 0.15) is 23.7 Å². The van der Waals surface area contributed by atoms with E-state index < -0.39 is 15.6 Å². The van der Waals surface area contributed by atoms with Crippen LogP contribution in [-0.4, -0.2) is 33.1 Å². The van der Waals surface area contributed by atoms with E-state index in [0.717, 1.165) is 6.42 Å². The van der Waals surface area contributed by atoms with Gasteiger partial charge in [0, 0.05) is 16.6 Å². The fraction of sp³-hybridized carbons (Fsp3) is 0.417. The van der Waals surface area contributed by atoms with Crippen molar-refractivity contribution in [3.05, 3.63) is 28.2 Å².